The Balaban J connectivity index is 0.00000300. The summed E-state index contributed by atoms with van der Waals surface area (Å²) in [4.78, 5) is 12.9. The largest absolute Gasteiger partial charge is 1.00 e. The summed E-state index contributed by atoms with van der Waals surface area (Å²) in [6, 6.07) is 20.4. The molecule has 0 aliphatic rings. The van der Waals surface area contributed by atoms with Gasteiger partial charge in [0.15, 0.2) is 5.52 Å². The smallest absolute Gasteiger partial charge is 0.496 e. The summed E-state index contributed by atoms with van der Waals surface area (Å²) in [5, 5.41) is 0.894. The van der Waals surface area contributed by atoms with E-state index in [-0.39, 0.29) is 33.0 Å². The van der Waals surface area contributed by atoms with Crippen LogP contribution in [0, 0.1) is 0 Å². The molecule has 1 atom stereocenters. The minimum absolute atomic E-state index is 0. The molecule has 5 nitrogen and oxygen atoms in total. The van der Waals surface area contributed by atoms with E-state index in [1.165, 1.54) is 14.2 Å². The molecule has 3 aromatic rings. The number of carbonyl (C=O) groups is 1. The predicted molar refractivity (Wildman–Crippen MR) is 111 cm³/mol. The summed E-state index contributed by atoms with van der Waals surface area (Å²) in [7, 11) is 4.51. The van der Waals surface area contributed by atoms with Gasteiger partial charge in [-0.25, -0.2) is 0 Å². The quantitative estimate of drug-likeness (QED) is 0.423. The first-order chi connectivity index (χ1) is 13.6. The number of carbonyl (C=O) groups excluding carboxylic acids is 1. The van der Waals surface area contributed by atoms with Crippen molar-refractivity contribution in [1.29, 1.82) is 0 Å². The van der Waals surface area contributed by atoms with Gasteiger partial charge in [0.05, 0.1) is 21.3 Å². The normalized spacial score (nSPS) is 10.3. The van der Waals surface area contributed by atoms with Crippen molar-refractivity contribution in [3.63, 3.8) is 0 Å². The second-order valence-electron chi connectivity index (χ2n) is 5.80. The van der Waals surface area contributed by atoms with Crippen LogP contribution in [0.25, 0.3) is 0 Å². The number of rotatable bonds is 8. The van der Waals surface area contributed by atoms with Gasteiger partial charge < -0.3 is 18.9 Å². The zero-order valence-electron chi connectivity index (χ0n) is 16.9. The van der Waals surface area contributed by atoms with Crippen LogP contribution in [0.1, 0.15) is 10.4 Å². The van der Waals surface area contributed by atoms with Crippen molar-refractivity contribution >= 4 is 19.4 Å². The molecule has 0 aromatic heterocycles. The number of hydrogen-bond acceptors (Lipinski definition) is 5. The zero-order valence-corrected chi connectivity index (χ0v) is 17.9. The Labute approximate surface area is 184 Å². The molecule has 29 heavy (non-hydrogen) atoms. The Bertz CT molecular complexity index is 920. The maximum absolute atomic E-state index is 12.9. The molecule has 0 radical (unpaired) electrons. The van der Waals surface area contributed by atoms with Crippen molar-refractivity contribution in [2.45, 2.75) is 0 Å². The molecule has 0 heterocycles. The maximum Gasteiger partial charge on any atom is 1.00 e. The summed E-state index contributed by atoms with van der Waals surface area (Å²) in [6.45, 7) is 0. The standard InChI is InChI=1S/C22H21O5P.Li/c1-24-17-13-19(25-2)21(20(14-17)26-3)22(23)28-18-11-9-16(10-12-18)27-15-7-5-4-6-8-15;/h4-14,28H,1-3H3;/q;+1. The Hall–Kier alpha value is -2.44. The molecule has 0 aliphatic carbocycles. The van der Waals surface area contributed by atoms with Gasteiger partial charge in [-0.1, -0.05) is 30.3 Å². The molecule has 0 saturated carbocycles. The van der Waals surface area contributed by atoms with Gasteiger partial charge in [-0.05, 0) is 38.2 Å². The number of hydrogen-bond donors (Lipinski definition) is 0. The topological polar surface area (TPSA) is 54.0 Å². The third-order valence-corrected chi connectivity index (χ3v) is 5.13. The summed E-state index contributed by atoms with van der Waals surface area (Å²) in [6.07, 6.45) is 0. The van der Waals surface area contributed by atoms with E-state index in [1.807, 2.05) is 54.6 Å². The van der Waals surface area contributed by atoms with Crippen LogP contribution in [0.2, 0.25) is 0 Å². The van der Waals surface area contributed by atoms with Crippen molar-refractivity contribution in [2.24, 2.45) is 0 Å². The van der Waals surface area contributed by atoms with E-state index < -0.39 is 0 Å². The summed E-state index contributed by atoms with van der Waals surface area (Å²) in [5.74, 6) is 2.90. The van der Waals surface area contributed by atoms with Gasteiger partial charge in [0, 0.05) is 12.1 Å². The summed E-state index contributed by atoms with van der Waals surface area (Å²) >= 11 is 0. The second-order valence-corrected chi connectivity index (χ2v) is 7.08. The SMILES string of the molecule is COc1cc(OC)c(C(=O)Pc2ccc(Oc3ccccc3)cc2)c(OC)c1.[Li+]. The first-order valence-electron chi connectivity index (χ1n) is 8.59. The molecule has 3 rings (SSSR count). The first kappa shape index (κ1) is 22.8. The number of para-hydroxylation sites is 1. The summed E-state index contributed by atoms with van der Waals surface area (Å²) < 4.78 is 21.8. The molecular weight excluding hydrogens is 382 g/mol. The van der Waals surface area contributed by atoms with Crippen molar-refractivity contribution in [2.75, 3.05) is 21.3 Å². The predicted octanol–water partition coefficient (Wildman–Crippen LogP) is 1.65. The van der Waals surface area contributed by atoms with Crippen molar-refractivity contribution in [1.82, 2.24) is 0 Å². The Morgan fingerprint density at radius 3 is 1.79 bits per heavy atom. The van der Waals surface area contributed by atoms with E-state index >= 15 is 0 Å². The van der Waals surface area contributed by atoms with Gasteiger partial charge in [0.1, 0.15) is 34.3 Å². The molecule has 0 amide bonds. The van der Waals surface area contributed by atoms with Gasteiger partial charge >= 0.3 is 18.9 Å². The van der Waals surface area contributed by atoms with Crippen LogP contribution in [-0.4, -0.2) is 26.9 Å². The van der Waals surface area contributed by atoms with Crippen LogP contribution in [-0.2, 0) is 0 Å². The number of benzene rings is 3. The molecule has 0 spiro atoms. The number of methoxy groups -OCH3 is 3. The van der Waals surface area contributed by atoms with Crippen LogP contribution >= 0.6 is 8.58 Å². The molecule has 3 aromatic carbocycles. The molecule has 0 bridgehead atoms. The molecule has 0 saturated heterocycles. The monoisotopic (exact) mass is 403 g/mol. The Morgan fingerprint density at radius 1 is 0.724 bits per heavy atom. The van der Waals surface area contributed by atoms with Gasteiger partial charge in [-0.15, -0.1) is 0 Å². The maximum atomic E-state index is 12.9. The Morgan fingerprint density at radius 2 is 1.28 bits per heavy atom. The molecule has 0 N–H and O–H groups in total. The van der Waals surface area contributed by atoms with Crippen LogP contribution in [0.15, 0.2) is 66.7 Å². The van der Waals surface area contributed by atoms with Crippen molar-refractivity contribution in [3.8, 4) is 28.7 Å². The molecule has 7 heteroatoms. The van der Waals surface area contributed by atoms with Crippen molar-refractivity contribution < 1.29 is 42.6 Å². The molecular formula is C22H21LiO5P+. The average Bonchev–Trinajstić information content (AvgIpc) is 2.74. The van der Waals surface area contributed by atoms with Crippen LogP contribution < -0.4 is 43.1 Å². The minimum Gasteiger partial charge on any atom is -0.496 e. The molecule has 144 valence electrons. The fourth-order valence-electron chi connectivity index (χ4n) is 2.65. The fraction of sp³-hybridized carbons (Fsp3) is 0.136. The summed E-state index contributed by atoms with van der Waals surface area (Å²) in [5.41, 5.74) is 0.335. The van der Waals surface area contributed by atoms with Crippen molar-refractivity contribution in [3.05, 3.63) is 72.3 Å². The average molecular weight is 403 g/mol. The zero-order chi connectivity index (χ0) is 19.9. The van der Waals surface area contributed by atoms with E-state index in [9.17, 15) is 4.79 Å². The van der Waals surface area contributed by atoms with E-state index in [1.54, 1.807) is 19.2 Å². The minimum atomic E-state index is -0.0790. The number of ether oxygens (including phenoxy) is 4. The van der Waals surface area contributed by atoms with Gasteiger partial charge in [-0.3, -0.25) is 4.79 Å². The van der Waals surface area contributed by atoms with Gasteiger partial charge in [-0.2, -0.15) is 0 Å². The molecule has 0 aliphatic heterocycles. The second kappa shape index (κ2) is 10.9. The molecule has 1 unspecified atom stereocenters. The van der Waals surface area contributed by atoms with E-state index in [4.69, 9.17) is 18.9 Å². The van der Waals surface area contributed by atoms with Gasteiger partial charge in [0.25, 0.3) is 0 Å². The van der Waals surface area contributed by atoms with E-state index in [0.29, 0.717) is 28.6 Å². The third-order valence-electron chi connectivity index (χ3n) is 4.03. The Kier molecular flexibility index (Phi) is 8.61. The van der Waals surface area contributed by atoms with Crippen LogP contribution in [0.3, 0.4) is 0 Å². The van der Waals surface area contributed by atoms with E-state index in [2.05, 4.69) is 0 Å². The third kappa shape index (κ3) is 5.78. The van der Waals surface area contributed by atoms with Crippen LogP contribution in [0.4, 0.5) is 0 Å². The van der Waals surface area contributed by atoms with E-state index in [0.717, 1.165) is 11.1 Å². The molecule has 0 fully saturated rings. The fourth-order valence-corrected chi connectivity index (χ4v) is 3.62. The van der Waals surface area contributed by atoms with Crippen LogP contribution in [0.5, 0.6) is 28.7 Å². The van der Waals surface area contributed by atoms with Gasteiger partial charge in [0.2, 0.25) is 0 Å². The first-order valence-corrected chi connectivity index (χ1v) is 9.59.